The number of amides is 2. The van der Waals surface area contributed by atoms with E-state index in [9.17, 15) is 9.59 Å². The van der Waals surface area contributed by atoms with Crippen molar-refractivity contribution in [2.24, 2.45) is 10.8 Å². The molecule has 0 saturated carbocycles. The zero-order chi connectivity index (χ0) is 21.3. The Bertz CT molecular complexity index is 1150. The number of anilines is 2. The van der Waals surface area contributed by atoms with Crippen molar-refractivity contribution in [1.82, 2.24) is 4.98 Å². The third kappa shape index (κ3) is 4.16. The molecule has 0 fully saturated rings. The van der Waals surface area contributed by atoms with E-state index in [0.29, 0.717) is 32.1 Å². The molecule has 152 valence electrons. The van der Waals surface area contributed by atoms with Crippen LogP contribution in [-0.2, 0) is 9.59 Å². The number of hydrogen-bond donors (Lipinski definition) is 2. The highest BCUT2D eigenvalue weighted by molar-refractivity contribution is 7.14. The van der Waals surface area contributed by atoms with E-state index in [-0.39, 0.29) is 12.1 Å². The SMILES string of the molecule is NC(=O)C1CC(C(=O)Nc2nc(-c3ccc(Cl)cc3Cl)cs2)=NN1c1ccccc1. The third-order valence-electron chi connectivity index (χ3n) is 4.45. The van der Waals surface area contributed by atoms with Crippen LogP contribution in [0.25, 0.3) is 11.3 Å². The first-order valence-electron chi connectivity index (χ1n) is 8.86. The number of hydrazone groups is 1. The molecule has 4 rings (SSSR count). The Balaban J connectivity index is 1.53. The molecule has 1 aliphatic rings. The van der Waals surface area contributed by atoms with Crippen LogP contribution in [0.1, 0.15) is 6.42 Å². The van der Waals surface area contributed by atoms with Crippen LogP contribution >= 0.6 is 34.5 Å². The van der Waals surface area contributed by atoms with Crippen LogP contribution in [0, 0.1) is 0 Å². The number of thiazole rings is 1. The molecule has 3 N–H and O–H groups in total. The molecule has 0 radical (unpaired) electrons. The van der Waals surface area contributed by atoms with Crippen molar-refractivity contribution in [3.63, 3.8) is 0 Å². The molecule has 0 saturated heterocycles. The first kappa shape index (κ1) is 20.3. The molecule has 1 aliphatic heterocycles. The second-order valence-electron chi connectivity index (χ2n) is 6.47. The fourth-order valence-electron chi connectivity index (χ4n) is 3.01. The number of nitrogens with zero attached hydrogens (tertiary/aromatic N) is 3. The van der Waals surface area contributed by atoms with Crippen molar-refractivity contribution >= 4 is 62.9 Å². The summed E-state index contributed by atoms with van der Waals surface area (Å²) in [5, 5.41) is 11.7. The fourth-order valence-corrected chi connectivity index (χ4v) is 4.22. The standard InChI is InChI=1S/C20H15Cl2N5O2S/c21-11-6-7-13(14(22)8-11)16-10-30-20(24-16)25-19(29)15-9-17(18(23)28)27(26-15)12-4-2-1-3-5-12/h1-8,10,17H,9H2,(H2,23,28)(H,24,25,29). The van der Waals surface area contributed by atoms with Crippen molar-refractivity contribution < 1.29 is 9.59 Å². The van der Waals surface area contributed by atoms with Crippen molar-refractivity contribution in [2.45, 2.75) is 12.5 Å². The van der Waals surface area contributed by atoms with Gasteiger partial charge in [-0.15, -0.1) is 11.3 Å². The number of rotatable bonds is 5. The summed E-state index contributed by atoms with van der Waals surface area (Å²) in [6.07, 6.45) is 0.108. The summed E-state index contributed by atoms with van der Waals surface area (Å²) in [5.74, 6) is -0.998. The number of nitrogens with one attached hydrogen (secondary N) is 1. The van der Waals surface area contributed by atoms with Gasteiger partial charge in [0, 0.05) is 22.4 Å². The van der Waals surface area contributed by atoms with Crippen molar-refractivity contribution in [3.8, 4) is 11.3 Å². The van der Waals surface area contributed by atoms with Crippen molar-refractivity contribution in [1.29, 1.82) is 0 Å². The maximum atomic E-state index is 12.7. The van der Waals surface area contributed by atoms with Gasteiger partial charge in [0.05, 0.1) is 16.4 Å². The Kier molecular flexibility index (Phi) is 5.72. The van der Waals surface area contributed by atoms with E-state index >= 15 is 0 Å². The first-order valence-corrected chi connectivity index (χ1v) is 10.5. The minimum atomic E-state index is -0.729. The van der Waals surface area contributed by atoms with E-state index in [1.165, 1.54) is 16.3 Å². The van der Waals surface area contributed by atoms with Crippen LogP contribution in [0.2, 0.25) is 10.0 Å². The van der Waals surface area contributed by atoms with Gasteiger partial charge in [-0.2, -0.15) is 5.10 Å². The van der Waals surface area contributed by atoms with Crippen LogP contribution in [0.4, 0.5) is 10.8 Å². The zero-order valence-electron chi connectivity index (χ0n) is 15.4. The normalized spacial score (nSPS) is 15.7. The largest absolute Gasteiger partial charge is 0.368 e. The van der Waals surface area contributed by atoms with E-state index in [1.54, 1.807) is 35.7 Å². The van der Waals surface area contributed by atoms with Gasteiger partial charge in [0.15, 0.2) is 5.13 Å². The second kappa shape index (κ2) is 8.43. The number of carbonyl (C=O) groups is 2. The van der Waals surface area contributed by atoms with Gasteiger partial charge in [-0.3, -0.25) is 19.9 Å². The van der Waals surface area contributed by atoms with Gasteiger partial charge >= 0.3 is 0 Å². The van der Waals surface area contributed by atoms with Crippen LogP contribution in [0.15, 0.2) is 59.0 Å². The summed E-state index contributed by atoms with van der Waals surface area (Å²) >= 11 is 13.4. The number of nitrogens with two attached hydrogens (primary N) is 1. The van der Waals surface area contributed by atoms with Crippen molar-refractivity contribution in [2.75, 3.05) is 10.3 Å². The van der Waals surface area contributed by atoms with Gasteiger partial charge in [0.1, 0.15) is 11.8 Å². The lowest BCUT2D eigenvalue weighted by Gasteiger charge is -2.20. The Labute approximate surface area is 186 Å². The van der Waals surface area contributed by atoms with Gasteiger partial charge in [-0.05, 0) is 30.3 Å². The molecule has 1 aromatic heterocycles. The molecule has 1 atom stereocenters. The molecule has 30 heavy (non-hydrogen) atoms. The summed E-state index contributed by atoms with van der Waals surface area (Å²) in [6, 6.07) is 13.5. The number of halogens is 2. The Morgan fingerprint density at radius 2 is 1.93 bits per heavy atom. The van der Waals surface area contributed by atoms with Crippen molar-refractivity contribution in [3.05, 3.63) is 64.0 Å². The van der Waals surface area contributed by atoms with E-state index < -0.39 is 17.9 Å². The van der Waals surface area contributed by atoms with E-state index in [4.69, 9.17) is 28.9 Å². The van der Waals surface area contributed by atoms with Gasteiger partial charge in [-0.25, -0.2) is 4.98 Å². The molecule has 1 unspecified atom stereocenters. The molecule has 2 amide bonds. The maximum absolute atomic E-state index is 12.7. The number of aromatic nitrogens is 1. The predicted octanol–water partition coefficient (Wildman–Crippen LogP) is 4.18. The molecular weight excluding hydrogens is 445 g/mol. The van der Waals surface area contributed by atoms with E-state index in [0.717, 1.165) is 0 Å². The summed E-state index contributed by atoms with van der Waals surface area (Å²) < 4.78 is 0. The molecule has 2 aromatic carbocycles. The number of primary amides is 1. The number of benzene rings is 2. The Morgan fingerprint density at radius 1 is 1.17 bits per heavy atom. The smallest absolute Gasteiger partial charge is 0.273 e. The highest BCUT2D eigenvalue weighted by Crippen LogP contribution is 2.32. The van der Waals surface area contributed by atoms with Crippen LogP contribution in [-0.4, -0.2) is 28.6 Å². The molecular formula is C20H15Cl2N5O2S. The average Bonchev–Trinajstić information content (AvgIpc) is 3.36. The van der Waals surface area contributed by atoms with E-state index in [1.807, 2.05) is 18.2 Å². The molecule has 3 aromatic rings. The third-order valence-corrected chi connectivity index (χ3v) is 5.76. The van der Waals surface area contributed by atoms with Crippen LogP contribution < -0.4 is 16.1 Å². The lowest BCUT2D eigenvalue weighted by atomic mass is 10.1. The van der Waals surface area contributed by atoms with Gasteiger partial charge in [-0.1, -0.05) is 41.4 Å². The first-order chi connectivity index (χ1) is 14.4. The second-order valence-corrected chi connectivity index (χ2v) is 8.17. The van der Waals surface area contributed by atoms with Gasteiger partial charge in [0.2, 0.25) is 5.91 Å². The quantitative estimate of drug-likeness (QED) is 0.597. The topological polar surface area (TPSA) is 101 Å². The lowest BCUT2D eigenvalue weighted by Crippen LogP contribution is -2.39. The van der Waals surface area contributed by atoms with Gasteiger partial charge in [0.25, 0.3) is 5.91 Å². The molecule has 0 bridgehead atoms. The minimum Gasteiger partial charge on any atom is -0.368 e. The van der Waals surface area contributed by atoms with E-state index in [2.05, 4.69) is 15.4 Å². The minimum absolute atomic E-state index is 0.108. The fraction of sp³-hybridized carbons (Fsp3) is 0.100. The molecule has 0 aliphatic carbocycles. The summed E-state index contributed by atoms with van der Waals surface area (Å²) in [5.41, 5.74) is 7.72. The molecule has 0 spiro atoms. The van der Waals surface area contributed by atoms with Crippen LogP contribution in [0.5, 0.6) is 0 Å². The van der Waals surface area contributed by atoms with Gasteiger partial charge < -0.3 is 5.73 Å². The number of para-hydroxylation sites is 1. The van der Waals surface area contributed by atoms with Crippen LogP contribution in [0.3, 0.4) is 0 Å². The lowest BCUT2D eigenvalue weighted by molar-refractivity contribution is -0.119. The molecule has 2 heterocycles. The summed E-state index contributed by atoms with van der Waals surface area (Å²) in [6.45, 7) is 0. The zero-order valence-corrected chi connectivity index (χ0v) is 17.7. The Hall–Kier alpha value is -2.94. The number of hydrogen-bond acceptors (Lipinski definition) is 6. The predicted molar refractivity (Wildman–Crippen MR) is 120 cm³/mol. The highest BCUT2D eigenvalue weighted by atomic mass is 35.5. The number of carbonyl (C=O) groups excluding carboxylic acids is 2. The monoisotopic (exact) mass is 459 g/mol. The summed E-state index contributed by atoms with van der Waals surface area (Å²) in [4.78, 5) is 29.0. The summed E-state index contributed by atoms with van der Waals surface area (Å²) in [7, 11) is 0. The maximum Gasteiger partial charge on any atom is 0.273 e. The molecule has 7 nitrogen and oxygen atoms in total. The average molecular weight is 460 g/mol. The highest BCUT2D eigenvalue weighted by Gasteiger charge is 2.35. The molecule has 10 heteroatoms. The Morgan fingerprint density at radius 3 is 2.63 bits per heavy atom.